The van der Waals surface area contributed by atoms with Gasteiger partial charge in [-0.1, -0.05) is 18.2 Å². The van der Waals surface area contributed by atoms with E-state index in [1.165, 1.54) is 0 Å². The molecule has 1 fully saturated rings. The van der Waals surface area contributed by atoms with E-state index in [0.717, 1.165) is 25.7 Å². The van der Waals surface area contributed by atoms with Crippen LogP contribution >= 0.6 is 0 Å². The summed E-state index contributed by atoms with van der Waals surface area (Å²) in [6, 6.07) is 0. The van der Waals surface area contributed by atoms with Crippen molar-refractivity contribution in [1.29, 1.82) is 0 Å². The van der Waals surface area contributed by atoms with Crippen LogP contribution in [0.5, 0.6) is 0 Å². The summed E-state index contributed by atoms with van der Waals surface area (Å²) in [6.07, 6.45) is 11.9. The quantitative estimate of drug-likeness (QED) is 0.685. The zero-order valence-corrected chi connectivity index (χ0v) is 13.6. The van der Waals surface area contributed by atoms with Gasteiger partial charge < -0.3 is 9.47 Å². The van der Waals surface area contributed by atoms with Gasteiger partial charge in [0.25, 0.3) is 0 Å². The van der Waals surface area contributed by atoms with E-state index in [4.69, 9.17) is 9.47 Å². The second kappa shape index (κ2) is 6.22. The molecule has 0 bridgehead atoms. The molecular formula is C17H27NO3. The summed E-state index contributed by atoms with van der Waals surface area (Å²) >= 11 is 0. The predicted octanol–water partition coefficient (Wildman–Crippen LogP) is 4.02. The maximum atomic E-state index is 12.6. The van der Waals surface area contributed by atoms with Crippen LogP contribution in [0.25, 0.3) is 0 Å². The average Bonchev–Trinajstić information content (AvgIpc) is 2.67. The minimum atomic E-state index is -0.626. The lowest BCUT2D eigenvalue weighted by atomic mass is 10.0. The molecule has 4 heteroatoms. The summed E-state index contributed by atoms with van der Waals surface area (Å²) in [5, 5.41) is 0. The van der Waals surface area contributed by atoms with Gasteiger partial charge in [0, 0.05) is 6.42 Å². The van der Waals surface area contributed by atoms with Crippen LogP contribution in [0.1, 0.15) is 53.4 Å². The van der Waals surface area contributed by atoms with E-state index in [1.807, 2.05) is 33.8 Å². The molecule has 21 heavy (non-hydrogen) atoms. The molecule has 118 valence electrons. The molecule has 2 rings (SSSR count). The molecule has 4 nitrogen and oxygen atoms in total. The van der Waals surface area contributed by atoms with Gasteiger partial charge in [-0.05, 0) is 53.0 Å². The minimum Gasteiger partial charge on any atom is -0.441 e. The fourth-order valence-electron chi connectivity index (χ4n) is 2.98. The van der Waals surface area contributed by atoms with E-state index in [9.17, 15) is 4.79 Å². The number of carbonyl (C=O) groups is 1. The molecular weight excluding hydrogens is 266 g/mol. The monoisotopic (exact) mass is 293 g/mol. The van der Waals surface area contributed by atoms with Gasteiger partial charge in [0.15, 0.2) is 0 Å². The summed E-state index contributed by atoms with van der Waals surface area (Å²) < 4.78 is 11.4. The summed E-state index contributed by atoms with van der Waals surface area (Å²) in [6.45, 7) is 8.34. The third kappa shape index (κ3) is 3.88. The standard InChI is InChI=1S/C17H27NO3/c1-16(2)13-20-17(3,4)18(16)15(19)21-14-11-9-7-5-6-8-10-12-14/h7,9-10,12,14H,5-6,8,11,13H2,1-4H3/b9-7+,12-10-/t14-/m1/s1. The van der Waals surface area contributed by atoms with Crippen LogP contribution in [0.3, 0.4) is 0 Å². The first kappa shape index (κ1) is 16.1. The molecule has 0 aromatic rings. The summed E-state index contributed by atoms with van der Waals surface area (Å²) in [4.78, 5) is 14.3. The Balaban J connectivity index is 2.07. The highest BCUT2D eigenvalue weighted by Gasteiger charge is 2.49. The van der Waals surface area contributed by atoms with Crippen molar-refractivity contribution >= 4 is 6.09 Å². The third-order valence-corrected chi connectivity index (χ3v) is 3.98. The molecule has 0 spiro atoms. The largest absolute Gasteiger partial charge is 0.441 e. The van der Waals surface area contributed by atoms with Crippen molar-refractivity contribution in [2.75, 3.05) is 6.61 Å². The van der Waals surface area contributed by atoms with E-state index >= 15 is 0 Å². The number of allylic oxidation sites excluding steroid dienone is 2. The molecule has 1 saturated heterocycles. The highest BCUT2D eigenvalue weighted by molar-refractivity contribution is 5.70. The minimum absolute atomic E-state index is 0.195. The highest BCUT2D eigenvalue weighted by Crippen LogP contribution is 2.35. The van der Waals surface area contributed by atoms with E-state index in [0.29, 0.717) is 6.61 Å². The molecule has 0 radical (unpaired) electrons. The van der Waals surface area contributed by atoms with Gasteiger partial charge in [-0.15, -0.1) is 0 Å². The fraction of sp³-hybridized carbons (Fsp3) is 0.706. The Morgan fingerprint density at radius 2 is 1.90 bits per heavy atom. The zero-order chi connectivity index (χ0) is 15.5. The maximum Gasteiger partial charge on any atom is 0.413 e. The van der Waals surface area contributed by atoms with E-state index in [-0.39, 0.29) is 17.7 Å². The Labute approximate surface area is 127 Å². The van der Waals surface area contributed by atoms with Gasteiger partial charge in [-0.3, -0.25) is 4.90 Å². The van der Waals surface area contributed by atoms with Crippen LogP contribution in [-0.4, -0.2) is 35.0 Å². The first-order valence-electron chi connectivity index (χ1n) is 7.79. The molecule has 2 aliphatic rings. The van der Waals surface area contributed by atoms with Gasteiger partial charge >= 0.3 is 6.09 Å². The van der Waals surface area contributed by atoms with Crippen molar-refractivity contribution in [2.45, 2.75) is 70.7 Å². The van der Waals surface area contributed by atoms with E-state index < -0.39 is 5.72 Å². The lowest BCUT2D eigenvalue weighted by Gasteiger charge is -2.37. The number of hydrogen-bond donors (Lipinski definition) is 0. The van der Waals surface area contributed by atoms with Crippen molar-refractivity contribution in [3.63, 3.8) is 0 Å². The second-order valence-corrected chi connectivity index (χ2v) is 6.87. The van der Waals surface area contributed by atoms with Crippen LogP contribution in [0.4, 0.5) is 4.79 Å². The molecule has 1 atom stereocenters. The molecule has 1 amide bonds. The normalized spacial score (nSPS) is 30.9. The fourth-order valence-corrected chi connectivity index (χ4v) is 2.98. The highest BCUT2D eigenvalue weighted by atomic mass is 16.6. The molecule has 0 N–H and O–H groups in total. The number of hydrogen-bond acceptors (Lipinski definition) is 3. The number of nitrogens with zero attached hydrogens (tertiary/aromatic N) is 1. The smallest absolute Gasteiger partial charge is 0.413 e. The van der Waals surface area contributed by atoms with Crippen LogP contribution < -0.4 is 0 Å². The van der Waals surface area contributed by atoms with Crippen molar-refractivity contribution in [3.8, 4) is 0 Å². The Morgan fingerprint density at radius 3 is 2.57 bits per heavy atom. The van der Waals surface area contributed by atoms with Gasteiger partial charge in [0.1, 0.15) is 11.8 Å². The molecule has 0 unspecified atom stereocenters. The molecule has 0 aromatic heterocycles. The SMILES string of the molecule is CC1(C)COC(C)(C)N1C(=O)O[C@H]1/C=C\CCC/C=C/C1. The van der Waals surface area contributed by atoms with Gasteiger partial charge in [0.2, 0.25) is 0 Å². The Bertz CT molecular complexity index is 421. The Hall–Kier alpha value is -1.29. The van der Waals surface area contributed by atoms with Crippen LogP contribution in [-0.2, 0) is 9.47 Å². The molecule has 1 aliphatic carbocycles. The summed E-state index contributed by atoms with van der Waals surface area (Å²) in [5.41, 5.74) is -0.975. The first-order valence-corrected chi connectivity index (χ1v) is 7.79. The van der Waals surface area contributed by atoms with E-state index in [2.05, 4.69) is 18.2 Å². The third-order valence-electron chi connectivity index (χ3n) is 3.98. The van der Waals surface area contributed by atoms with Gasteiger partial charge in [0.05, 0.1) is 12.1 Å². The predicted molar refractivity (Wildman–Crippen MR) is 83.0 cm³/mol. The Morgan fingerprint density at radius 1 is 1.19 bits per heavy atom. The van der Waals surface area contributed by atoms with Gasteiger partial charge in [-0.25, -0.2) is 4.79 Å². The summed E-state index contributed by atoms with van der Waals surface area (Å²) in [5.74, 6) is 0. The molecule has 1 heterocycles. The first-order chi connectivity index (χ1) is 9.83. The van der Waals surface area contributed by atoms with Crippen molar-refractivity contribution in [3.05, 3.63) is 24.3 Å². The topological polar surface area (TPSA) is 38.8 Å². The lowest BCUT2D eigenvalue weighted by molar-refractivity contribution is -0.0552. The van der Waals surface area contributed by atoms with Gasteiger partial charge in [-0.2, -0.15) is 0 Å². The van der Waals surface area contributed by atoms with Crippen LogP contribution in [0, 0.1) is 0 Å². The average molecular weight is 293 g/mol. The molecule has 1 aliphatic heterocycles. The number of amides is 1. The van der Waals surface area contributed by atoms with Crippen molar-refractivity contribution in [1.82, 2.24) is 4.90 Å². The number of rotatable bonds is 1. The summed E-state index contributed by atoms with van der Waals surface area (Å²) in [7, 11) is 0. The van der Waals surface area contributed by atoms with Crippen LogP contribution in [0.15, 0.2) is 24.3 Å². The number of carbonyl (C=O) groups excluding carboxylic acids is 1. The Kier molecular flexibility index (Phi) is 4.77. The number of ether oxygens (including phenoxy) is 2. The van der Waals surface area contributed by atoms with Crippen molar-refractivity contribution in [2.24, 2.45) is 0 Å². The lowest BCUT2D eigenvalue weighted by Crippen LogP contribution is -2.53. The zero-order valence-electron chi connectivity index (χ0n) is 13.6. The van der Waals surface area contributed by atoms with Crippen LogP contribution in [0.2, 0.25) is 0 Å². The van der Waals surface area contributed by atoms with Crippen molar-refractivity contribution < 1.29 is 14.3 Å². The van der Waals surface area contributed by atoms with E-state index in [1.54, 1.807) is 4.90 Å². The molecule has 0 aromatic carbocycles. The second-order valence-electron chi connectivity index (χ2n) is 6.87. The maximum absolute atomic E-state index is 12.6. The molecule has 0 saturated carbocycles.